The van der Waals surface area contributed by atoms with Crippen molar-refractivity contribution in [3.05, 3.63) is 44.5 Å². The molecular formula is C8H10N4O4. The van der Waals surface area contributed by atoms with E-state index in [0.29, 0.717) is 11.4 Å². The third-order valence-electron chi connectivity index (χ3n) is 2.09. The first-order valence-electron chi connectivity index (χ1n) is 4.29. The topological polar surface area (TPSA) is 92.8 Å². The summed E-state index contributed by atoms with van der Waals surface area (Å²) in [5.74, 6) is 0. The van der Waals surface area contributed by atoms with E-state index in [4.69, 9.17) is 0 Å². The summed E-state index contributed by atoms with van der Waals surface area (Å²) in [5.41, 5.74) is 0.705. The summed E-state index contributed by atoms with van der Waals surface area (Å²) in [4.78, 5) is 20.9. The van der Waals surface area contributed by atoms with Crippen molar-refractivity contribution in [3.8, 4) is 0 Å². The lowest BCUT2D eigenvalue weighted by Crippen LogP contribution is -2.26. The Bertz CT molecular complexity index is 366. The molecule has 0 bridgehead atoms. The molecule has 0 aromatic heterocycles. The van der Waals surface area contributed by atoms with Crippen LogP contribution in [-0.2, 0) is 0 Å². The van der Waals surface area contributed by atoms with Gasteiger partial charge in [-0.3, -0.25) is 0 Å². The number of rotatable bonds is 4. The maximum absolute atomic E-state index is 10.4. The van der Waals surface area contributed by atoms with E-state index in [2.05, 4.69) is 0 Å². The van der Waals surface area contributed by atoms with Crippen molar-refractivity contribution in [3.63, 3.8) is 0 Å². The van der Waals surface area contributed by atoms with Gasteiger partial charge in [-0.1, -0.05) is 10.0 Å². The molecule has 0 aliphatic rings. The molecule has 0 amide bonds. The van der Waals surface area contributed by atoms with E-state index in [-0.39, 0.29) is 0 Å². The van der Waals surface area contributed by atoms with Gasteiger partial charge >= 0.3 is 0 Å². The number of benzene rings is 1. The van der Waals surface area contributed by atoms with Gasteiger partial charge < -0.3 is 0 Å². The zero-order valence-electron chi connectivity index (χ0n) is 8.73. The quantitative estimate of drug-likeness (QED) is 0.560. The first-order chi connectivity index (χ1) is 7.43. The van der Waals surface area contributed by atoms with Crippen LogP contribution in [0.4, 0.5) is 11.4 Å². The van der Waals surface area contributed by atoms with Crippen LogP contribution in [-0.4, -0.2) is 24.2 Å². The third-order valence-corrected chi connectivity index (χ3v) is 2.09. The first kappa shape index (κ1) is 11.7. The fourth-order valence-corrected chi connectivity index (χ4v) is 1.07. The monoisotopic (exact) mass is 226 g/mol. The van der Waals surface area contributed by atoms with Gasteiger partial charge in [0.05, 0.1) is 14.1 Å². The highest BCUT2D eigenvalue weighted by Gasteiger charge is 2.13. The maximum Gasteiger partial charge on any atom is 0.164 e. The molecule has 8 heteroatoms. The van der Waals surface area contributed by atoms with E-state index in [1.54, 1.807) is 0 Å². The lowest BCUT2D eigenvalue weighted by atomic mass is 10.3. The second-order valence-corrected chi connectivity index (χ2v) is 3.04. The van der Waals surface area contributed by atoms with Crippen LogP contribution in [0.1, 0.15) is 0 Å². The fraction of sp³-hybridized carbons (Fsp3) is 0.250. The Morgan fingerprint density at radius 1 is 0.875 bits per heavy atom. The second-order valence-electron chi connectivity index (χ2n) is 3.04. The molecule has 0 spiro atoms. The Hall–Kier alpha value is -2.38. The molecule has 0 radical (unpaired) electrons. The summed E-state index contributed by atoms with van der Waals surface area (Å²) >= 11 is 0. The van der Waals surface area contributed by atoms with E-state index in [1.165, 1.54) is 38.4 Å². The Morgan fingerprint density at radius 2 is 1.12 bits per heavy atom. The van der Waals surface area contributed by atoms with Crippen LogP contribution in [0, 0.1) is 20.2 Å². The van der Waals surface area contributed by atoms with Crippen LogP contribution < -0.4 is 10.0 Å². The Kier molecular flexibility index (Phi) is 3.24. The Morgan fingerprint density at radius 3 is 1.31 bits per heavy atom. The normalized spacial score (nSPS) is 9.62. The minimum atomic E-state index is -0.577. The number of nitro groups is 2. The third kappa shape index (κ3) is 2.35. The van der Waals surface area contributed by atoms with Crippen LogP contribution in [0.15, 0.2) is 24.3 Å². The SMILES string of the molecule is CN(c1ccc(N(C)[N+](=O)[O-])cc1)[N+](=O)[O-]. The van der Waals surface area contributed by atoms with Gasteiger partial charge in [-0.2, -0.15) is 0 Å². The first-order valence-corrected chi connectivity index (χ1v) is 4.29. The smallest absolute Gasteiger partial charge is 0.164 e. The number of hydrogen-bond donors (Lipinski definition) is 0. The molecule has 0 heterocycles. The molecule has 1 rings (SSSR count). The number of anilines is 2. The predicted octanol–water partition coefficient (Wildman–Crippen LogP) is 0.942. The van der Waals surface area contributed by atoms with Gasteiger partial charge in [-0.05, 0) is 24.3 Å². The molecule has 86 valence electrons. The molecule has 16 heavy (non-hydrogen) atoms. The summed E-state index contributed by atoms with van der Waals surface area (Å²) < 4.78 is 0. The van der Waals surface area contributed by atoms with E-state index in [0.717, 1.165) is 10.0 Å². The number of hydrogen-bond acceptors (Lipinski definition) is 4. The Labute approximate surface area is 90.9 Å². The lowest BCUT2D eigenvalue weighted by Gasteiger charge is -2.11. The van der Waals surface area contributed by atoms with Crippen LogP contribution in [0.25, 0.3) is 0 Å². The molecule has 0 atom stereocenters. The predicted molar refractivity (Wildman–Crippen MR) is 57.2 cm³/mol. The molecule has 8 nitrogen and oxygen atoms in total. The highest BCUT2D eigenvalue weighted by Crippen LogP contribution is 2.19. The van der Waals surface area contributed by atoms with Crippen molar-refractivity contribution in [2.75, 3.05) is 24.1 Å². The van der Waals surface area contributed by atoms with E-state index in [1.807, 2.05) is 0 Å². The van der Waals surface area contributed by atoms with E-state index >= 15 is 0 Å². The summed E-state index contributed by atoms with van der Waals surface area (Å²) in [7, 11) is 2.60. The van der Waals surface area contributed by atoms with Crippen LogP contribution >= 0.6 is 0 Å². The summed E-state index contributed by atoms with van der Waals surface area (Å²) in [6.07, 6.45) is 0. The molecule has 0 saturated carbocycles. The highest BCUT2D eigenvalue weighted by molar-refractivity contribution is 5.53. The van der Waals surface area contributed by atoms with Crippen molar-refractivity contribution >= 4 is 11.4 Å². The average molecular weight is 226 g/mol. The molecule has 0 saturated heterocycles. The zero-order chi connectivity index (χ0) is 12.3. The molecule has 0 unspecified atom stereocenters. The number of hydrazine groups is 2. The van der Waals surface area contributed by atoms with Gasteiger partial charge in [-0.15, -0.1) is 0 Å². The van der Waals surface area contributed by atoms with Gasteiger partial charge in [0.2, 0.25) is 0 Å². The average Bonchev–Trinajstić information content (AvgIpc) is 2.27. The number of nitrogens with zero attached hydrogens (tertiary/aromatic N) is 4. The van der Waals surface area contributed by atoms with Gasteiger partial charge in [0.15, 0.2) is 10.1 Å². The van der Waals surface area contributed by atoms with Gasteiger partial charge in [0.1, 0.15) is 11.4 Å². The van der Waals surface area contributed by atoms with Crippen LogP contribution in [0.3, 0.4) is 0 Å². The van der Waals surface area contributed by atoms with E-state index < -0.39 is 10.1 Å². The van der Waals surface area contributed by atoms with E-state index in [9.17, 15) is 20.2 Å². The molecular weight excluding hydrogens is 216 g/mol. The summed E-state index contributed by atoms with van der Waals surface area (Å²) in [6.45, 7) is 0. The second kappa shape index (κ2) is 4.43. The van der Waals surface area contributed by atoms with Crippen molar-refractivity contribution in [2.24, 2.45) is 0 Å². The molecule has 0 fully saturated rings. The largest absolute Gasteiger partial charge is 0.234 e. The van der Waals surface area contributed by atoms with Crippen molar-refractivity contribution in [1.29, 1.82) is 0 Å². The molecule has 0 aliphatic heterocycles. The maximum atomic E-state index is 10.4. The zero-order valence-corrected chi connectivity index (χ0v) is 8.73. The van der Waals surface area contributed by atoms with Gasteiger partial charge in [0, 0.05) is 0 Å². The molecule has 1 aromatic carbocycles. The molecule has 1 aromatic rings. The minimum Gasteiger partial charge on any atom is -0.234 e. The summed E-state index contributed by atoms with van der Waals surface area (Å²) in [6, 6.07) is 5.77. The summed E-state index contributed by atoms with van der Waals surface area (Å²) in [5, 5.41) is 21.4. The molecule has 0 aliphatic carbocycles. The van der Waals surface area contributed by atoms with Crippen molar-refractivity contribution in [2.45, 2.75) is 0 Å². The Balaban J connectivity index is 2.91. The standard InChI is InChI=1S/C8H10N4O4/c1-9(11(13)14)7-3-5-8(6-4-7)10(2)12(15)16/h3-6H,1-2H3. The lowest BCUT2D eigenvalue weighted by molar-refractivity contribution is -0.490. The van der Waals surface area contributed by atoms with Crippen molar-refractivity contribution in [1.82, 2.24) is 0 Å². The van der Waals surface area contributed by atoms with Crippen molar-refractivity contribution < 1.29 is 10.1 Å². The minimum absolute atomic E-state index is 0.352. The van der Waals surface area contributed by atoms with Gasteiger partial charge in [0.25, 0.3) is 0 Å². The van der Waals surface area contributed by atoms with Gasteiger partial charge in [-0.25, -0.2) is 20.2 Å². The van der Waals surface area contributed by atoms with Crippen LogP contribution in [0.5, 0.6) is 0 Å². The van der Waals surface area contributed by atoms with Crippen LogP contribution in [0.2, 0.25) is 0 Å². The highest BCUT2D eigenvalue weighted by atomic mass is 16.7. The fourth-order valence-electron chi connectivity index (χ4n) is 1.07. The molecule has 0 N–H and O–H groups in total.